The maximum atomic E-state index is 11.5. The van der Waals surface area contributed by atoms with Crippen molar-refractivity contribution in [3.05, 3.63) is 17.3 Å². The Hall–Kier alpha value is -1.60. The lowest BCUT2D eigenvalue weighted by Crippen LogP contribution is -2.30. The zero-order valence-electron chi connectivity index (χ0n) is 11.3. The third-order valence-electron chi connectivity index (χ3n) is 3.68. The highest BCUT2D eigenvalue weighted by molar-refractivity contribution is 7.15. The molecule has 108 valence electrons. The van der Waals surface area contributed by atoms with Crippen molar-refractivity contribution >= 4 is 28.1 Å². The molecule has 0 aromatic carbocycles. The minimum atomic E-state index is -0.940. The van der Waals surface area contributed by atoms with Gasteiger partial charge in [0.25, 0.3) is 0 Å². The first-order chi connectivity index (χ1) is 9.66. The van der Waals surface area contributed by atoms with Gasteiger partial charge in [-0.05, 0) is 18.8 Å². The normalized spacial score (nSPS) is 16.6. The van der Waals surface area contributed by atoms with Crippen LogP contribution >= 0.6 is 11.3 Å². The quantitative estimate of drug-likeness (QED) is 0.934. The van der Waals surface area contributed by atoms with Gasteiger partial charge in [-0.15, -0.1) is 11.3 Å². The second kappa shape index (κ2) is 5.41. The first-order valence-electron chi connectivity index (χ1n) is 6.64. The minimum absolute atomic E-state index is 0.246. The number of carboxylic acid groups (broad SMARTS) is 1. The Kier molecular flexibility index (Phi) is 3.62. The van der Waals surface area contributed by atoms with Crippen molar-refractivity contribution in [2.45, 2.75) is 12.8 Å². The second-order valence-electron chi connectivity index (χ2n) is 5.08. The molecule has 1 aliphatic heterocycles. The minimum Gasteiger partial charge on any atom is -0.476 e. The summed E-state index contributed by atoms with van der Waals surface area (Å²) in [5, 5.41) is 11.3. The van der Waals surface area contributed by atoms with E-state index in [0.717, 1.165) is 37.6 Å². The van der Waals surface area contributed by atoms with Crippen molar-refractivity contribution in [2.75, 3.05) is 31.7 Å². The standard InChI is InChI=1S/C13H17N3O3S/c1-15(8-9-2-5-19-6-3-9)11-10(12(17)18)16-4-7-20-13(16)14-11/h4,7,9H,2-3,5-6,8H2,1H3,(H,17,18). The molecule has 0 aliphatic carbocycles. The van der Waals surface area contributed by atoms with E-state index in [1.54, 1.807) is 10.6 Å². The van der Waals surface area contributed by atoms with Gasteiger partial charge in [-0.2, -0.15) is 0 Å². The molecule has 3 heterocycles. The summed E-state index contributed by atoms with van der Waals surface area (Å²) in [6, 6.07) is 0. The fourth-order valence-electron chi connectivity index (χ4n) is 2.64. The lowest BCUT2D eigenvalue weighted by molar-refractivity contribution is 0.0675. The molecule has 0 bridgehead atoms. The van der Waals surface area contributed by atoms with Gasteiger partial charge in [0.1, 0.15) is 0 Å². The Morgan fingerprint density at radius 3 is 3.05 bits per heavy atom. The summed E-state index contributed by atoms with van der Waals surface area (Å²) in [5.41, 5.74) is 0.246. The van der Waals surface area contributed by atoms with Crippen molar-refractivity contribution in [1.82, 2.24) is 9.38 Å². The highest BCUT2D eigenvalue weighted by atomic mass is 32.1. The van der Waals surface area contributed by atoms with Gasteiger partial charge >= 0.3 is 5.97 Å². The molecule has 1 aliphatic rings. The summed E-state index contributed by atoms with van der Waals surface area (Å²) in [4.78, 5) is 18.6. The lowest BCUT2D eigenvalue weighted by Gasteiger charge is -2.27. The van der Waals surface area contributed by atoms with E-state index < -0.39 is 5.97 Å². The summed E-state index contributed by atoms with van der Waals surface area (Å²) in [5.74, 6) is 0.149. The zero-order chi connectivity index (χ0) is 14.1. The van der Waals surface area contributed by atoms with Crippen molar-refractivity contribution in [3.8, 4) is 0 Å². The van der Waals surface area contributed by atoms with Crippen LogP contribution in [0, 0.1) is 5.92 Å². The Morgan fingerprint density at radius 1 is 1.60 bits per heavy atom. The van der Waals surface area contributed by atoms with Crippen LogP contribution in [0.15, 0.2) is 11.6 Å². The maximum absolute atomic E-state index is 11.5. The SMILES string of the molecule is CN(CC1CCOCC1)c1nc2sccn2c1C(=O)O. The number of nitrogens with zero attached hydrogens (tertiary/aromatic N) is 3. The molecule has 0 radical (unpaired) electrons. The van der Waals surface area contributed by atoms with Gasteiger partial charge in [-0.1, -0.05) is 0 Å². The smallest absolute Gasteiger partial charge is 0.356 e. The van der Waals surface area contributed by atoms with Crippen LogP contribution < -0.4 is 4.90 Å². The predicted molar refractivity (Wildman–Crippen MR) is 76.8 cm³/mol. The number of aromatic nitrogens is 2. The first kappa shape index (κ1) is 13.4. The van der Waals surface area contributed by atoms with Crippen molar-refractivity contribution in [1.29, 1.82) is 0 Å². The maximum Gasteiger partial charge on any atom is 0.356 e. The fourth-order valence-corrected chi connectivity index (χ4v) is 3.35. The van der Waals surface area contributed by atoms with Crippen molar-refractivity contribution < 1.29 is 14.6 Å². The van der Waals surface area contributed by atoms with Crippen LogP contribution in [0.25, 0.3) is 4.96 Å². The van der Waals surface area contributed by atoms with E-state index in [0.29, 0.717) is 11.7 Å². The highest BCUT2D eigenvalue weighted by Crippen LogP contribution is 2.26. The number of hydrogen-bond acceptors (Lipinski definition) is 5. The number of rotatable bonds is 4. The molecule has 20 heavy (non-hydrogen) atoms. The van der Waals surface area contributed by atoms with Crippen molar-refractivity contribution in [3.63, 3.8) is 0 Å². The summed E-state index contributed by atoms with van der Waals surface area (Å²) in [7, 11) is 1.91. The molecule has 0 spiro atoms. The number of ether oxygens (including phenoxy) is 1. The first-order valence-corrected chi connectivity index (χ1v) is 7.52. The van der Waals surface area contributed by atoms with Gasteiger partial charge in [-0.25, -0.2) is 9.78 Å². The molecule has 1 N–H and O–H groups in total. The van der Waals surface area contributed by atoms with Crippen LogP contribution in [-0.4, -0.2) is 47.3 Å². The molecule has 0 atom stereocenters. The molecular formula is C13H17N3O3S. The van der Waals surface area contributed by atoms with Crippen LogP contribution in [0.4, 0.5) is 5.82 Å². The van der Waals surface area contributed by atoms with Gasteiger partial charge in [0.15, 0.2) is 16.5 Å². The Bertz CT molecular complexity index is 615. The van der Waals surface area contributed by atoms with Gasteiger partial charge in [-0.3, -0.25) is 4.40 Å². The number of fused-ring (bicyclic) bond motifs is 1. The third kappa shape index (κ3) is 2.38. The van der Waals surface area contributed by atoms with Gasteiger partial charge in [0.2, 0.25) is 0 Å². The van der Waals surface area contributed by atoms with Crippen LogP contribution in [-0.2, 0) is 4.74 Å². The van der Waals surface area contributed by atoms with Crippen LogP contribution in [0.3, 0.4) is 0 Å². The topological polar surface area (TPSA) is 67.1 Å². The van der Waals surface area contributed by atoms with E-state index in [4.69, 9.17) is 4.74 Å². The highest BCUT2D eigenvalue weighted by Gasteiger charge is 2.24. The van der Waals surface area contributed by atoms with Gasteiger partial charge in [0.05, 0.1) is 0 Å². The Balaban J connectivity index is 1.86. The molecule has 7 heteroatoms. The molecule has 1 saturated heterocycles. The number of imidazole rings is 1. The second-order valence-corrected chi connectivity index (χ2v) is 5.95. The van der Waals surface area contributed by atoms with E-state index in [2.05, 4.69) is 4.98 Å². The van der Waals surface area contributed by atoms with E-state index >= 15 is 0 Å². The fraction of sp³-hybridized carbons (Fsp3) is 0.538. The number of aromatic carboxylic acids is 1. The Labute approximate surface area is 120 Å². The van der Waals surface area contributed by atoms with Crippen LogP contribution in [0.2, 0.25) is 0 Å². The number of thiazole rings is 1. The molecule has 1 fully saturated rings. The zero-order valence-corrected chi connectivity index (χ0v) is 12.1. The number of anilines is 1. The summed E-state index contributed by atoms with van der Waals surface area (Å²) in [6.07, 6.45) is 3.80. The van der Waals surface area contributed by atoms with E-state index in [-0.39, 0.29) is 5.69 Å². The average molecular weight is 295 g/mol. The summed E-state index contributed by atoms with van der Waals surface area (Å²) < 4.78 is 7.00. The van der Waals surface area contributed by atoms with Gasteiger partial charge in [0, 0.05) is 38.4 Å². The monoisotopic (exact) mass is 295 g/mol. The molecule has 0 saturated carbocycles. The largest absolute Gasteiger partial charge is 0.476 e. The molecular weight excluding hydrogens is 278 g/mol. The van der Waals surface area contributed by atoms with E-state index in [9.17, 15) is 9.90 Å². The van der Waals surface area contributed by atoms with Crippen LogP contribution in [0.5, 0.6) is 0 Å². The summed E-state index contributed by atoms with van der Waals surface area (Å²) in [6.45, 7) is 2.40. The van der Waals surface area contributed by atoms with Crippen molar-refractivity contribution in [2.24, 2.45) is 5.92 Å². The number of carbonyl (C=O) groups is 1. The average Bonchev–Trinajstić information content (AvgIpc) is 2.98. The lowest BCUT2D eigenvalue weighted by atomic mass is 10.00. The van der Waals surface area contributed by atoms with Crippen LogP contribution in [0.1, 0.15) is 23.3 Å². The number of carboxylic acids is 1. The number of hydrogen-bond donors (Lipinski definition) is 1. The molecule has 2 aromatic rings. The third-order valence-corrected chi connectivity index (χ3v) is 4.44. The van der Waals surface area contributed by atoms with E-state index in [1.807, 2.05) is 17.3 Å². The summed E-state index contributed by atoms with van der Waals surface area (Å²) >= 11 is 1.45. The molecule has 6 nitrogen and oxygen atoms in total. The van der Waals surface area contributed by atoms with E-state index in [1.165, 1.54) is 11.3 Å². The van der Waals surface area contributed by atoms with Gasteiger partial charge < -0.3 is 14.7 Å². The predicted octanol–water partition coefficient (Wildman–Crippen LogP) is 1.96. The molecule has 0 amide bonds. The molecule has 2 aromatic heterocycles. The Morgan fingerprint density at radius 2 is 2.35 bits per heavy atom. The molecule has 3 rings (SSSR count). The molecule has 0 unspecified atom stereocenters.